The summed E-state index contributed by atoms with van der Waals surface area (Å²) >= 11 is 0. The number of carbonyl (C=O) groups excluding carboxylic acids is 2. The molecule has 0 saturated carbocycles. The van der Waals surface area contributed by atoms with Gasteiger partial charge in [-0.2, -0.15) is 0 Å². The number of hydrogen-bond donors (Lipinski definition) is 2. The minimum atomic E-state index is -0.479. The molecule has 2 aromatic rings. The predicted molar refractivity (Wildman–Crippen MR) is 65.1 cm³/mol. The third kappa shape index (κ3) is 2.00. The van der Waals surface area contributed by atoms with E-state index in [1.54, 1.807) is 18.2 Å². The van der Waals surface area contributed by atoms with Gasteiger partial charge in [-0.15, -0.1) is 0 Å². The third-order valence-corrected chi connectivity index (χ3v) is 3.31. The lowest BCUT2D eigenvalue weighted by atomic mass is 9.92. The fraction of sp³-hybridized carbons (Fsp3) is 0.308. The van der Waals surface area contributed by atoms with Gasteiger partial charge in [0.05, 0.1) is 12.5 Å². The van der Waals surface area contributed by atoms with Crippen molar-refractivity contribution in [1.29, 1.82) is 0 Å². The zero-order valence-electron chi connectivity index (χ0n) is 10.0. The molecule has 0 radical (unpaired) electrons. The van der Waals surface area contributed by atoms with Crippen LogP contribution in [0.1, 0.15) is 30.0 Å². The maximum atomic E-state index is 11.8. The number of piperidine rings is 1. The molecule has 0 aliphatic carbocycles. The van der Waals surface area contributed by atoms with E-state index >= 15 is 0 Å². The van der Waals surface area contributed by atoms with Crippen LogP contribution in [-0.4, -0.2) is 22.1 Å². The van der Waals surface area contributed by atoms with Crippen LogP contribution in [0.5, 0.6) is 0 Å². The smallest absolute Gasteiger partial charge is 0.235 e. The Hall–Kier alpha value is -2.21. The first-order chi connectivity index (χ1) is 9.19. The molecule has 1 aliphatic heterocycles. The van der Waals surface area contributed by atoms with Gasteiger partial charge in [-0.05, 0) is 24.1 Å². The number of carbonyl (C=O) groups is 2. The SMILES string of the molecule is O=C1CCC(c2noc3ccc(CO)cc23)C(=O)N1. The van der Waals surface area contributed by atoms with Gasteiger partial charge < -0.3 is 9.63 Å². The Balaban J connectivity index is 2.04. The highest BCUT2D eigenvalue weighted by atomic mass is 16.5. The van der Waals surface area contributed by atoms with E-state index in [-0.39, 0.29) is 18.4 Å². The normalized spacial score (nSPS) is 19.7. The van der Waals surface area contributed by atoms with Crippen molar-refractivity contribution in [2.75, 3.05) is 0 Å². The Kier molecular flexibility index (Phi) is 2.79. The number of aliphatic hydroxyl groups is 1. The van der Waals surface area contributed by atoms with Gasteiger partial charge in [0.25, 0.3) is 0 Å². The largest absolute Gasteiger partial charge is 0.392 e. The lowest BCUT2D eigenvalue weighted by Crippen LogP contribution is -2.39. The van der Waals surface area contributed by atoms with Gasteiger partial charge in [0.2, 0.25) is 11.8 Å². The van der Waals surface area contributed by atoms with Crippen molar-refractivity contribution >= 4 is 22.8 Å². The molecule has 1 unspecified atom stereocenters. The Bertz CT molecular complexity index is 662. The van der Waals surface area contributed by atoms with Crippen LogP contribution >= 0.6 is 0 Å². The second-order valence-electron chi connectivity index (χ2n) is 4.56. The number of nitrogens with zero attached hydrogens (tertiary/aromatic N) is 1. The first kappa shape index (κ1) is 11.9. The van der Waals surface area contributed by atoms with Crippen LogP contribution < -0.4 is 5.32 Å². The maximum Gasteiger partial charge on any atom is 0.235 e. The van der Waals surface area contributed by atoms with Crippen molar-refractivity contribution in [2.24, 2.45) is 0 Å². The van der Waals surface area contributed by atoms with E-state index in [0.29, 0.717) is 29.5 Å². The zero-order valence-corrected chi connectivity index (χ0v) is 10.0. The predicted octanol–water partition coefficient (Wildman–Crippen LogP) is 0.840. The highest BCUT2D eigenvalue weighted by Gasteiger charge is 2.31. The first-order valence-corrected chi connectivity index (χ1v) is 6.02. The summed E-state index contributed by atoms with van der Waals surface area (Å²) in [6.45, 7) is -0.0874. The maximum absolute atomic E-state index is 11.8. The molecule has 1 aliphatic rings. The van der Waals surface area contributed by atoms with Crippen LogP contribution in [0.2, 0.25) is 0 Å². The fourth-order valence-electron chi connectivity index (χ4n) is 2.31. The number of benzene rings is 1. The van der Waals surface area contributed by atoms with Gasteiger partial charge in [0, 0.05) is 11.8 Å². The van der Waals surface area contributed by atoms with Crippen LogP contribution in [0, 0.1) is 0 Å². The Morgan fingerprint density at radius 1 is 1.42 bits per heavy atom. The standard InChI is InChI=1S/C13H12N2O4/c16-6-7-1-3-10-9(5-7)12(15-19-10)8-2-4-11(17)14-13(8)18/h1,3,5,8,16H,2,4,6H2,(H,14,17,18). The third-order valence-electron chi connectivity index (χ3n) is 3.31. The molecule has 3 rings (SSSR count). The molecule has 6 heteroatoms. The van der Waals surface area contributed by atoms with Gasteiger partial charge in [-0.3, -0.25) is 14.9 Å². The quantitative estimate of drug-likeness (QED) is 0.780. The fourth-order valence-corrected chi connectivity index (χ4v) is 2.31. The number of aliphatic hydroxyl groups excluding tert-OH is 1. The zero-order chi connectivity index (χ0) is 13.4. The molecule has 1 fully saturated rings. The van der Waals surface area contributed by atoms with Crippen molar-refractivity contribution in [3.05, 3.63) is 29.5 Å². The Morgan fingerprint density at radius 2 is 2.26 bits per heavy atom. The van der Waals surface area contributed by atoms with E-state index in [1.165, 1.54) is 0 Å². The summed E-state index contributed by atoms with van der Waals surface area (Å²) in [4.78, 5) is 23.0. The number of hydrogen-bond acceptors (Lipinski definition) is 5. The van der Waals surface area contributed by atoms with E-state index in [2.05, 4.69) is 10.5 Å². The molecular weight excluding hydrogens is 248 g/mol. The number of fused-ring (bicyclic) bond motifs is 1. The van der Waals surface area contributed by atoms with E-state index in [0.717, 1.165) is 5.56 Å². The highest BCUT2D eigenvalue weighted by molar-refractivity contribution is 6.02. The average Bonchev–Trinajstić information content (AvgIpc) is 2.81. The molecule has 19 heavy (non-hydrogen) atoms. The Morgan fingerprint density at radius 3 is 3.00 bits per heavy atom. The molecule has 2 amide bonds. The summed E-state index contributed by atoms with van der Waals surface area (Å²) in [6, 6.07) is 5.20. The van der Waals surface area contributed by atoms with E-state index in [4.69, 9.17) is 9.63 Å². The van der Waals surface area contributed by atoms with Crippen LogP contribution in [-0.2, 0) is 16.2 Å². The van der Waals surface area contributed by atoms with E-state index < -0.39 is 5.92 Å². The molecule has 1 aromatic carbocycles. The van der Waals surface area contributed by atoms with Crippen molar-refractivity contribution in [1.82, 2.24) is 10.5 Å². The summed E-state index contributed by atoms with van der Waals surface area (Å²) < 4.78 is 5.18. The van der Waals surface area contributed by atoms with Crippen molar-refractivity contribution in [2.45, 2.75) is 25.4 Å². The summed E-state index contributed by atoms with van der Waals surface area (Å²) in [5.74, 6) is -1.08. The van der Waals surface area contributed by atoms with Crippen LogP contribution in [0.3, 0.4) is 0 Å². The molecule has 1 aromatic heterocycles. The van der Waals surface area contributed by atoms with Gasteiger partial charge in [0.1, 0.15) is 5.69 Å². The second kappa shape index (κ2) is 4.47. The molecule has 98 valence electrons. The second-order valence-corrected chi connectivity index (χ2v) is 4.56. The van der Waals surface area contributed by atoms with Gasteiger partial charge >= 0.3 is 0 Å². The van der Waals surface area contributed by atoms with E-state index in [1.807, 2.05) is 0 Å². The number of aromatic nitrogens is 1. The first-order valence-electron chi connectivity index (χ1n) is 6.02. The molecular formula is C13H12N2O4. The minimum absolute atomic E-state index is 0.0874. The van der Waals surface area contributed by atoms with Crippen LogP contribution in [0.4, 0.5) is 0 Å². The molecule has 1 atom stereocenters. The summed E-state index contributed by atoms with van der Waals surface area (Å²) in [5.41, 5.74) is 1.82. The number of rotatable bonds is 2. The van der Waals surface area contributed by atoms with Crippen molar-refractivity contribution < 1.29 is 19.2 Å². The van der Waals surface area contributed by atoms with Crippen LogP contribution in [0.25, 0.3) is 11.0 Å². The number of imide groups is 1. The lowest BCUT2D eigenvalue weighted by Gasteiger charge is -2.18. The molecule has 6 nitrogen and oxygen atoms in total. The molecule has 1 saturated heterocycles. The van der Waals surface area contributed by atoms with Gasteiger partial charge in [-0.25, -0.2) is 0 Å². The molecule has 2 N–H and O–H groups in total. The number of amides is 2. The summed E-state index contributed by atoms with van der Waals surface area (Å²) in [5, 5.41) is 16.1. The van der Waals surface area contributed by atoms with E-state index in [9.17, 15) is 9.59 Å². The van der Waals surface area contributed by atoms with Crippen molar-refractivity contribution in [3.8, 4) is 0 Å². The average molecular weight is 260 g/mol. The molecule has 0 bridgehead atoms. The molecule has 2 heterocycles. The topological polar surface area (TPSA) is 92.4 Å². The summed E-state index contributed by atoms with van der Waals surface area (Å²) in [7, 11) is 0. The monoisotopic (exact) mass is 260 g/mol. The highest BCUT2D eigenvalue weighted by Crippen LogP contribution is 2.30. The lowest BCUT2D eigenvalue weighted by molar-refractivity contribution is -0.134. The minimum Gasteiger partial charge on any atom is -0.392 e. The van der Waals surface area contributed by atoms with Gasteiger partial charge in [0.15, 0.2) is 5.58 Å². The Labute approximate surface area is 108 Å². The van der Waals surface area contributed by atoms with Crippen LogP contribution in [0.15, 0.2) is 22.7 Å². The van der Waals surface area contributed by atoms with Gasteiger partial charge in [-0.1, -0.05) is 11.2 Å². The molecule has 0 spiro atoms. The number of nitrogens with one attached hydrogen (secondary N) is 1. The van der Waals surface area contributed by atoms with Crippen molar-refractivity contribution in [3.63, 3.8) is 0 Å². The summed E-state index contributed by atoms with van der Waals surface area (Å²) in [6.07, 6.45) is 0.722.